The van der Waals surface area contributed by atoms with Crippen molar-refractivity contribution < 1.29 is 27.6 Å². The highest BCUT2D eigenvalue weighted by Gasteiger charge is 2.36. The summed E-state index contributed by atoms with van der Waals surface area (Å²) < 4.78 is 46.7. The second kappa shape index (κ2) is 9.10. The molecule has 3 aromatic rings. The van der Waals surface area contributed by atoms with E-state index in [0.29, 0.717) is 24.9 Å². The molecule has 4 rings (SSSR count). The SMILES string of the molecule is CC(C)(C)c1ccc(C#Cc2ccc(-c3noc([C@@H]4CCCN4C(=O)O)n3)cc2C(F)(F)F)cc1. The van der Waals surface area contributed by atoms with Gasteiger partial charge in [-0.1, -0.05) is 49.9 Å². The molecule has 0 aliphatic carbocycles. The standard InChI is InChI=1S/C26H24F3N3O3/c1-25(2,3)19-12-7-16(8-13-19)6-9-17-10-11-18(15-20(17)26(27,28)29)22-30-23(35-31-22)21-5-4-14-32(21)24(33)34/h7-8,10-13,15,21H,4-5,14H2,1-3H3,(H,33,34)/t21-/m0/s1. The summed E-state index contributed by atoms with van der Waals surface area (Å²) in [5, 5.41) is 13.1. The van der Waals surface area contributed by atoms with Gasteiger partial charge in [0.2, 0.25) is 11.7 Å². The number of hydrogen-bond acceptors (Lipinski definition) is 4. The molecule has 0 bridgehead atoms. The van der Waals surface area contributed by atoms with Gasteiger partial charge in [-0.15, -0.1) is 0 Å². The Morgan fingerprint density at radius 1 is 1.11 bits per heavy atom. The first-order valence-electron chi connectivity index (χ1n) is 11.1. The number of rotatable bonds is 2. The van der Waals surface area contributed by atoms with E-state index < -0.39 is 23.9 Å². The van der Waals surface area contributed by atoms with Crippen LogP contribution in [0.25, 0.3) is 11.4 Å². The Morgan fingerprint density at radius 2 is 1.83 bits per heavy atom. The maximum atomic E-state index is 13.8. The second-order valence-corrected chi connectivity index (χ2v) is 9.43. The van der Waals surface area contributed by atoms with E-state index in [2.05, 4.69) is 42.8 Å². The molecular formula is C26H24F3N3O3. The van der Waals surface area contributed by atoms with Crippen LogP contribution < -0.4 is 0 Å². The summed E-state index contributed by atoms with van der Waals surface area (Å²) in [5.74, 6) is 5.47. The van der Waals surface area contributed by atoms with Gasteiger partial charge >= 0.3 is 12.3 Å². The van der Waals surface area contributed by atoms with Crippen LogP contribution >= 0.6 is 0 Å². The first-order chi connectivity index (χ1) is 16.4. The molecule has 9 heteroatoms. The molecule has 1 atom stereocenters. The molecule has 2 heterocycles. The highest BCUT2D eigenvalue weighted by molar-refractivity contribution is 5.66. The Hall–Kier alpha value is -3.80. The number of carboxylic acid groups (broad SMARTS) is 1. The number of aromatic nitrogens is 2. The van der Waals surface area contributed by atoms with Crippen LogP contribution in [0, 0.1) is 11.8 Å². The van der Waals surface area contributed by atoms with Crippen LogP contribution in [0.5, 0.6) is 0 Å². The molecule has 182 valence electrons. The van der Waals surface area contributed by atoms with Gasteiger partial charge in [0.15, 0.2) is 0 Å². The summed E-state index contributed by atoms with van der Waals surface area (Å²) in [6, 6.07) is 10.5. The Bertz CT molecular complexity index is 1300. The van der Waals surface area contributed by atoms with Crippen molar-refractivity contribution in [2.45, 2.75) is 51.2 Å². The van der Waals surface area contributed by atoms with E-state index in [4.69, 9.17) is 4.52 Å². The molecular weight excluding hydrogens is 459 g/mol. The summed E-state index contributed by atoms with van der Waals surface area (Å²) in [5.41, 5.74) is 0.701. The van der Waals surface area contributed by atoms with Crippen molar-refractivity contribution in [1.82, 2.24) is 15.0 Å². The number of amides is 1. The lowest BCUT2D eigenvalue weighted by molar-refractivity contribution is -0.137. The van der Waals surface area contributed by atoms with Crippen LogP contribution in [-0.4, -0.2) is 32.8 Å². The van der Waals surface area contributed by atoms with Gasteiger partial charge in [-0.25, -0.2) is 4.79 Å². The summed E-state index contributed by atoms with van der Waals surface area (Å²) in [6.07, 6.45) is -4.61. The van der Waals surface area contributed by atoms with Gasteiger partial charge in [0.25, 0.3) is 0 Å². The van der Waals surface area contributed by atoms with Crippen molar-refractivity contribution in [2.24, 2.45) is 0 Å². The largest absolute Gasteiger partial charge is 0.465 e. The topological polar surface area (TPSA) is 79.5 Å². The van der Waals surface area contributed by atoms with Crippen LogP contribution in [-0.2, 0) is 11.6 Å². The Kier molecular flexibility index (Phi) is 6.32. The van der Waals surface area contributed by atoms with Crippen molar-refractivity contribution in [3.8, 4) is 23.2 Å². The first kappa shape index (κ1) is 24.3. The lowest BCUT2D eigenvalue weighted by Gasteiger charge is -2.18. The minimum Gasteiger partial charge on any atom is -0.465 e. The predicted molar refractivity (Wildman–Crippen MR) is 123 cm³/mol. The van der Waals surface area contributed by atoms with Crippen molar-refractivity contribution in [3.05, 3.63) is 70.6 Å². The molecule has 6 nitrogen and oxygen atoms in total. The van der Waals surface area contributed by atoms with E-state index in [0.717, 1.165) is 11.6 Å². The number of likely N-dealkylation sites (tertiary alicyclic amines) is 1. The Balaban J connectivity index is 1.63. The van der Waals surface area contributed by atoms with Crippen LogP contribution in [0.1, 0.15) is 67.8 Å². The van der Waals surface area contributed by atoms with Gasteiger partial charge in [-0.2, -0.15) is 18.2 Å². The van der Waals surface area contributed by atoms with E-state index in [-0.39, 0.29) is 28.3 Å². The van der Waals surface area contributed by atoms with Gasteiger partial charge < -0.3 is 9.63 Å². The molecule has 2 aromatic carbocycles. The van der Waals surface area contributed by atoms with Gasteiger partial charge in [-0.05, 0) is 54.2 Å². The van der Waals surface area contributed by atoms with E-state index in [9.17, 15) is 23.1 Å². The Morgan fingerprint density at radius 3 is 2.46 bits per heavy atom. The maximum absolute atomic E-state index is 13.8. The van der Waals surface area contributed by atoms with Crippen LogP contribution in [0.3, 0.4) is 0 Å². The highest BCUT2D eigenvalue weighted by Crippen LogP contribution is 2.36. The molecule has 1 aromatic heterocycles. The molecule has 0 spiro atoms. The average Bonchev–Trinajstić information content (AvgIpc) is 3.46. The van der Waals surface area contributed by atoms with Crippen molar-refractivity contribution in [1.29, 1.82) is 0 Å². The third-order valence-electron chi connectivity index (χ3n) is 5.90. The summed E-state index contributed by atoms with van der Waals surface area (Å²) in [6.45, 7) is 6.57. The minimum atomic E-state index is -4.64. The lowest BCUT2D eigenvalue weighted by atomic mass is 9.87. The van der Waals surface area contributed by atoms with Crippen molar-refractivity contribution in [2.75, 3.05) is 6.54 Å². The number of alkyl halides is 3. The lowest BCUT2D eigenvalue weighted by Crippen LogP contribution is -2.28. The quantitative estimate of drug-likeness (QED) is 0.435. The van der Waals surface area contributed by atoms with Gasteiger partial charge in [-0.3, -0.25) is 4.90 Å². The zero-order valence-electron chi connectivity index (χ0n) is 19.5. The third kappa shape index (κ3) is 5.32. The number of hydrogen-bond donors (Lipinski definition) is 1. The molecule has 0 saturated carbocycles. The van der Waals surface area contributed by atoms with Crippen molar-refractivity contribution in [3.63, 3.8) is 0 Å². The number of carbonyl (C=O) groups is 1. The van der Waals surface area contributed by atoms with Gasteiger partial charge in [0, 0.05) is 23.2 Å². The number of nitrogens with zero attached hydrogens (tertiary/aromatic N) is 3. The number of halogens is 3. The Labute approximate surface area is 200 Å². The third-order valence-corrected chi connectivity index (χ3v) is 5.90. The van der Waals surface area contributed by atoms with Crippen LogP contribution in [0.2, 0.25) is 0 Å². The molecule has 1 N–H and O–H groups in total. The van der Waals surface area contributed by atoms with E-state index in [1.165, 1.54) is 17.0 Å². The smallest absolute Gasteiger partial charge is 0.417 e. The zero-order chi connectivity index (χ0) is 25.4. The van der Waals surface area contributed by atoms with Crippen LogP contribution in [0.4, 0.5) is 18.0 Å². The number of benzene rings is 2. The van der Waals surface area contributed by atoms with E-state index in [1.54, 1.807) is 12.1 Å². The fourth-order valence-corrected chi connectivity index (χ4v) is 3.96. The fraction of sp³-hybridized carbons (Fsp3) is 0.346. The molecule has 1 aliphatic heterocycles. The molecule has 0 unspecified atom stereocenters. The highest BCUT2D eigenvalue weighted by atomic mass is 19.4. The molecule has 0 radical (unpaired) electrons. The minimum absolute atomic E-state index is 0.0378. The van der Waals surface area contributed by atoms with Gasteiger partial charge in [0.05, 0.1) is 5.56 Å². The molecule has 1 aliphatic rings. The molecule has 1 saturated heterocycles. The first-order valence-corrected chi connectivity index (χ1v) is 11.1. The van der Waals surface area contributed by atoms with Gasteiger partial charge in [0.1, 0.15) is 6.04 Å². The fourth-order valence-electron chi connectivity index (χ4n) is 3.96. The normalized spacial score (nSPS) is 16.2. The van der Waals surface area contributed by atoms with E-state index in [1.807, 2.05) is 12.1 Å². The summed E-state index contributed by atoms with van der Waals surface area (Å²) in [7, 11) is 0. The zero-order valence-corrected chi connectivity index (χ0v) is 19.5. The second-order valence-electron chi connectivity index (χ2n) is 9.43. The van der Waals surface area contributed by atoms with E-state index >= 15 is 0 Å². The average molecular weight is 483 g/mol. The van der Waals surface area contributed by atoms with Crippen molar-refractivity contribution >= 4 is 6.09 Å². The molecule has 1 amide bonds. The molecule has 1 fully saturated rings. The monoisotopic (exact) mass is 483 g/mol. The summed E-state index contributed by atoms with van der Waals surface area (Å²) in [4.78, 5) is 16.7. The predicted octanol–water partition coefficient (Wildman–Crippen LogP) is 6.27. The van der Waals surface area contributed by atoms with Crippen LogP contribution in [0.15, 0.2) is 47.0 Å². The maximum Gasteiger partial charge on any atom is 0.417 e. The molecule has 35 heavy (non-hydrogen) atoms. The summed E-state index contributed by atoms with van der Waals surface area (Å²) >= 11 is 0.